The third-order valence-corrected chi connectivity index (χ3v) is 3.91. The van der Waals surface area contributed by atoms with Gasteiger partial charge in [0, 0.05) is 16.5 Å². The summed E-state index contributed by atoms with van der Waals surface area (Å²) in [4.78, 5) is 0. The van der Waals surface area contributed by atoms with Crippen LogP contribution in [0.5, 0.6) is 5.75 Å². The van der Waals surface area contributed by atoms with E-state index in [0.29, 0.717) is 16.6 Å². The highest BCUT2D eigenvalue weighted by Crippen LogP contribution is 2.30. The first-order valence-corrected chi connectivity index (χ1v) is 7.07. The zero-order valence-electron chi connectivity index (χ0n) is 11.4. The van der Waals surface area contributed by atoms with Crippen molar-refractivity contribution in [2.75, 3.05) is 7.11 Å². The zero-order chi connectivity index (χ0) is 14.7. The van der Waals surface area contributed by atoms with Crippen molar-refractivity contribution < 1.29 is 14.2 Å². The lowest BCUT2D eigenvalue weighted by Crippen LogP contribution is -2.05. The van der Waals surface area contributed by atoms with Crippen molar-refractivity contribution in [1.82, 2.24) is 0 Å². The monoisotopic (exact) mass is 338 g/mol. The Balaban J connectivity index is 2.25. The van der Waals surface area contributed by atoms with Crippen LogP contribution in [-0.2, 0) is 6.42 Å². The third-order valence-electron chi connectivity index (χ3n) is 3.18. The van der Waals surface area contributed by atoms with E-state index < -0.39 is 6.10 Å². The summed E-state index contributed by atoms with van der Waals surface area (Å²) in [5, 5.41) is 10.4. The Morgan fingerprint density at radius 3 is 2.65 bits per heavy atom. The van der Waals surface area contributed by atoms with Gasteiger partial charge in [-0.2, -0.15) is 0 Å². The topological polar surface area (TPSA) is 29.5 Å². The summed E-state index contributed by atoms with van der Waals surface area (Å²) in [6.45, 7) is 1.97. The Morgan fingerprint density at radius 2 is 2.00 bits per heavy atom. The molecule has 0 bridgehead atoms. The Bertz CT molecular complexity index is 613. The van der Waals surface area contributed by atoms with Crippen LogP contribution in [-0.4, -0.2) is 12.2 Å². The van der Waals surface area contributed by atoms with Crippen LogP contribution >= 0.6 is 15.9 Å². The number of aliphatic hydroxyl groups is 1. The van der Waals surface area contributed by atoms with E-state index in [1.165, 1.54) is 12.1 Å². The number of methoxy groups -OCH3 is 1. The van der Waals surface area contributed by atoms with Gasteiger partial charge in [0.05, 0.1) is 13.2 Å². The lowest BCUT2D eigenvalue weighted by molar-refractivity contribution is 0.174. The van der Waals surface area contributed by atoms with E-state index in [4.69, 9.17) is 4.74 Å². The van der Waals surface area contributed by atoms with Crippen molar-refractivity contribution in [2.24, 2.45) is 0 Å². The fourth-order valence-corrected chi connectivity index (χ4v) is 2.61. The van der Waals surface area contributed by atoms with E-state index in [9.17, 15) is 9.50 Å². The summed E-state index contributed by atoms with van der Waals surface area (Å²) in [7, 11) is 1.58. The summed E-state index contributed by atoms with van der Waals surface area (Å²) in [5.74, 6) is 0.360. The molecule has 0 radical (unpaired) electrons. The van der Waals surface area contributed by atoms with Crippen LogP contribution in [0.3, 0.4) is 0 Å². The molecule has 0 amide bonds. The number of ether oxygens (including phenoxy) is 1. The summed E-state index contributed by atoms with van der Waals surface area (Å²) < 4.78 is 19.0. The summed E-state index contributed by atoms with van der Waals surface area (Å²) in [6, 6.07) is 10.1. The van der Waals surface area contributed by atoms with Crippen LogP contribution in [0.4, 0.5) is 4.39 Å². The van der Waals surface area contributed by atoms with E-state index in [2.05, 4.69) is 15.9 Å². The normalized spacial score (nSPS) is 12.2. The van der Waals surface area contributed by atoms with Crippen LogP contribution in [0.1, 0.15) is 22.8 Å². The van der Waals surface area contributed by atoms with Crippen LogP contribution in [0.25, 0.3) is 0 Å². The largest absolute Gasteiger partial charge is 0.496 e. The number of benzene rings is 2. The van der Waals surface area contributed by atoms with Gasteiger partial charge in [0.1, 0.15) is 11.6 Å². The fourth-order valence-electron chi connectivity index (χ4n) is 2.10. The Labute approximate surface area is 126 Å². The maximum absolute atomic E-state index is 13.1. The van der Waals surface area contributed by atoms with Gasteiger partial charge >= 0.3 is 0 Å². The molecule has 0 aliphatic heterocycles. The molecule has 0 aliphatic rings. The highest BCUT2D eigenvalue weighted by Gasteiger charge is 2.15. The Morgan fingerprint density at radius 1 is 1.25 bits per heavy atom. The molecule has 1 atom stereocenters. The second kappa shape index (κ2) is 6.37. The van der Waals surface area contributed by atoms with Crippen LogP contribution in [0.2, 0.25) is 0 Å². The first kappa shape index (κ1) is 15.0. The smallest absolute Gasteiger partial charge is 0.124 e. The van der Waals surface area contributed by atoms with Crippen molar-refractivity contribution in [3.63, 3.8) is 0 Å². The van der Waals surface area contributed by atoms with Gasteiger partial charge in [-0.05, 0) is 36.2 Å². The van der Waals surface area contributed by atoms with Gasteiger partial charge in [0.15, 0.2) is 0 Å². The molecule has 2 nitrogen and oxygen atoms in total. The summed E-state index contributed by atoms with van der Waals surface area (Å²) in [5.41, 5.74) is 2.65. The third kappa shape index (κ3) is 3.38. The SMILES string of the molecule is COc1cc(C)ccc1C(O)Cc1ccc(F)cc1Br. The number of hydrogen-bond acceptors (Lipinski definition) is 2. The van der Waals surface area contributed by atoms with Gasteiger partial charge in [-0.15, -0.1) is 0 Å². The molecule has 2 aromatic carbocycles. The second-order valence-electron chi connectivity index (χ2n) is 4.70. The standard InChI is InChI=1S/C16H16BrFO2/c1-10-3-6-13(16(7-10)20-2)15(19)8-11-4-5-12(18)9-14(11)17/h3-7,9,15,19H,8H2,1-2H3. The molecule has 0 spiro atoms. The van der Waals surface area contributed by atoms with Gasteiger partial charge in [-0.3, -0.25) is 0 Å². The first-order valence-electron chi connectivity index (χ1n) is 6.28. The highest BCUT2D eigenvalue weighted by molar-refractivity contribution is 9.10. The zero-order valence-corrected chi connectivity index (χ0v) is 12.9. The van der Waals surface area contributed by atoms with Crippen LogP contribution in [0.15, 0.2) is 40.9 Å². The van der Waals surface area contributed by atoms with Gasteiger partial charge in [0.25, 0.3) is 0 Å². The first-order chi connectivity index (χ1) is 9.51. The molecule has 0 fully saturated rings. The number of aryl methyl sites for hydroxylation is 1. The summed E-state index contributed by atoms with van der Waals surface area (Å²) >= 11 is 3.31. The highest BCUT2D eigenvalue weighted by atomic mass is 79.9. The number of hydrogen-bond donors (Lipinski definition) is 1. The van der Waals surface area contributed by atoms with Crippen molar-refractivity contribution in [1.29, 1.82) is 0 Å². The minimum absolute atomic E-state index is 0.303. The van der Waals surface area contributed by atoms with Crippen molar-refractivity contribution in [3.05, 3.63) is 63.4 Å². The Kier molecular flexibility index (Phi) is 4.78. The van der Waals surface area contributed by atoms with Gasteiger partial charge < -0.3 is 9.84 Å². The number of aliphatic hydroxyl groups excluding tert-OH is 1. The molecule has 1 unspecified atom stereocenters. The quantitative estimate of drug-likeness (QED) is 0.905. The average molecular weight is 339 g/mol. The molecule has 4 heteroatoms. The molecule has 1 N–H and O–H groups in total. The van der Waals surface area contributed by atoms with E-state index >= 15 is 0 Å². The van der Waals surface area contributed by atoms with Crippen molar-refractivity contribution in [3.8, 4) is 5.75 Å². The van der Waals surface area contributed by atoms with E-state index in [-0.39, 0.29) is 5.82 Å². The summed E-state index contributed by atoms with van der Waals surface area (Å²) in [6.07, 6.45) is -0.312. The lowest BCUT2D eigenvalue weighted by atomic mass is 9.99. The van der Waals surface area contributed by atoms with Gasteiger partial charge in [-0.1, -0.05) is 34.1 Å². The minimum atomic E-state index is -0.702. The van der Waals surface area contributed by atoms with Gasteiger partial charge in [-0.25, -0.2) is 4.39 Å². The van der Waals surface area contributed by atoms with Crippen molar-refractivity contribution >= 4 is 15.9 Å². The predicted octanol–water partition coefficient (Wildman–Crippen LogP) is 4.18. The van der Waals surface area contributed by atoms with Crippen LogP contribution in [0, 0.1) is 12.7 Å². The van der Waals surface area contributed by atoms with Crippen LogP contribution < -0.4 is 4.74 Å². The fraction of sp³-hybridized carbons (Fsp3) is 0.250. The molecule has 0 aliphatic carbocycles. The molecule has 0 saturated carbocycles. The predicted molar refractivity (Wildman–Crippen MR) is 80.5 cm³/mol. The Hall–Kier alpha value is -1.39. The minimum Gasteiger partial charge on any atom is -0.496 e. The average Bonchev–Trinajstić information content (AvgIpc) is 2.41. The molecule has 0 saturated heterocycles. The maximum Gasteiger partial charge on any atom is 0.124 e. The molecule has 2 aromatic rings. The second-order valence-corrected chi connectivity index (χ2v) is 5.56. The molecular formula is C16H16BrFO2. The number of halogens is 2. The lowest BCUT2D eigenvalue weighted by Gasteiger charge is -2.16. The van der Waals surface area contributed by atoms with E-state index in [1.54, 1.807) is 13.2 Å². The molecule has 20 heavy (non-hydrogen) atoms. The molecule has 2 rings (SSSR count). The van der Waals surface area contributed by atoms with E-state index in [0.717, 1.165) is 16.7 Å². The maximum atomic E-state index is 13.1. The van der Waals surface area contributed by atoms with E-state index in [1.807, 2.05) is 25.1 Å². The van der Waals surface area contributed by atoms with Gasteiger partial charge in [0.2, 0.25) is 0 Å². The van der Waals surface area contributed by atoms with Crippen molar-refractivity contribution in [2.45, 2.75) is 19.4 Å². The molecule has 0 heterocycles. The molecule has 106 valence electrons. The molecule has 0 aromatic heterocycles. The molecular weight excluding hydrogens is 323 g/mol. The number of rotatable bonds is 4.